The summed E-state index contributed by atoms with van der Waals surface area (Å²) in [7, 11) is 0. The average Bonchev–Trinajstić information content (AvgIpc) is 3.03. The molecule has 1 amide bonds. The fraction of sp³-hybridized carbons (Fsp3) is 0.222. The van der Waals surface area contributed by atoms with Gasteiger partial charge in [-0.15, -0.1) is 6.58 Å². The van der Waals surface area contributed by atoms with E-state index in [1.807, 2.05) is 12.1 Å². The molecule has 1 N–H and O–H groups in total. The van der Waals surface area contributed by atoms with Crippen molar-refractivity contribution in [2.75, 3.05) is 11.1 Å². The molecular weight excluding hydrogens is 352 g/mol. The normalized spacial score (nSPS) is 10.8. The standard InChI is InChI=1S/C18H18N4O3S/c1-3-9-22-17(24)13-6-4-5-7-14(13)19-18(22)26-10-8-16(23)20-15-11-12(2)25-21-15/h3-7,11H,1,8-10H2,2H3,(H,20,21,23). The predicted molar refractivity (Wildman–Crippen MR) is 101 cm³/mol. The van der Waals surface area contributed by atoms with Crippen molar-refractivity contribution >= 4 is 34.4 Å². The molecule has 3 rings (SSSR count). The molecule has 26 heavy (non-hydrogen) atoms. The van der Waals surface area contributed by atoms with Crippen molar-refractivity contribution in [3.8, 4) is 0 Å². The third kappa shape index (κ3) is 4.02. The molecule has 0 spiro atoms. The number of aromatic nitrogens is 3. The van der Waals surface area contributed by atoms with Gasteiger partial charge >= 0.3 is 0 Å². The largest absolute Gasteiger partial charge is 0.360 e. The summed E-state index contributed by atoms with van der Waals surface area (Å²) in [6.45, 7) is 5.82. The van der Waals surface area contributed by atoms with Gasteiger partial charge in [-0.25, -0.2) is 4.98 Å². The monoisotopic (exact) mass is 370 g/mol. The number of allylic oxidation sites excluding steroid dienone is 1. The van der Waals surface area contributed by atoms with Gasteiger partial charge in [0.15, 0.2) is 11.0 Å². The molecule has 0 atom stereocenters. The number of hydrogen-bond donors (Lipinski definition) is 1. The van der Waals surface area contributed by atoms with Gasteiger partial charge in [0.25, 0.3) is 5.56 Å². The first-order valence-electron chi connectivity index (χ1n) is 8.05. The number of nitrogens with one attached hydrogen (secondary N) is 1. The molecule has 0 saturated carbocycles. The average molecular weight is 370 g/mol. The molecule has 0 saturated heterocycles. The van der Waals surface area contributed by atoms with E-state index in [4.69, 9.17) is 4.52 Å². The highest BCUT2D eigenvalue weighted by Gasteiger charge is 2.12. The second-order valence-electron chi connectivity index (χ2n) is 5.59. The van der Waals surface area contributed by atoms with Gasteiger partial charge in [-0.2, -0.15) is 0 Å². The van der Waals surface area contributed by atoms with Gasteiger partial charge in [0, 0.05) is 24.8 Å². The molecule has 8 heteroatoms. The second kappa shape index (κ2) is 8.01. The molecule has 3 aromatic rings. The molecule has 0 aliphatic heterocycles. The molecule has 2 heterocycles. The number of hydrogen-bond acceptors (Lipinski definition) is 6. The van der Waals surface area contributed by atoms with Crippen molar-refractivity contribution < 1.29 is 9.32 Å². The zero-order valence-corrected chi connectivity index (χ0v) is 15.1. The Hall–Kier alpha value is -2.87. The lowest BCUT2D eigenvalue weighted by Crippen LogP contribution is -2.23. The van der Waals surface area contributed by atoms with Crippen molar-refractivity contribution in [2.45, 2.75) is 25.0 Å². The number of carbonyl (C=O) groups excluding carboxylic acids is 1. The molecule has 0 radical (unpaired) electrons. The van der Waals surface area contributed by atoms with Crippen molar-refractivity contribution in [1.82, 2.24) is 14.7 Å². The van der Waals surface area contributed by atoms with Crippen LogP contribution in [-0.2, 0) is 11.3 Å². The Kier molecular flexibility index (Phi) is 5.52. The van der Waals surface area contributed by atoms with E-state index in [-0.39, 0.29) is 17.9 Å². The van der Waals surface area contributed by atoms with Crippen molar-refractivity contribution in [2.24, 2.45) is 0 Å². The van der Waals surface area contributed by atoms with Crippen LogP contribution in [-0.4, -0.2) is 26.4 Å². The Balaban J connectivity index is 1.71. The molecule has 0 unspecified atom stereocenters. The summed E-state index contributed by atoms with van der Waals surface area (Å²) in [4.78, 5) is 29.2. The van der Waals surface area contributed by atoms with Gasteiger partial charge in [-0.3, -0.25) is 14.2 Å². The van der Waals surface area contributed by atoms with E-state index >= 15 is 0 Å². The molecule has 2 aromatic heterocycles. The first kappa shape index (κ1) is 17.9. The molecule has 0 fully saturated rings. The van der Waals surface area contributed by atoms with Crippen molar-refractivity contribution in [3.05, 3.63) is 59.1 Å². The van der Waals surface area contributed by atoms with Crippen LogP contribution in [0.3, 0.4) is 0 Å². The highest BCUT2D eigenvalue weighted by Crippen LogP contribution is 2.19. The maximum atomic E-state index is 12.6. The van der Waals surface area contributed by atoms with Crippen LogP contribution >= 0.6 is 11.8 Å². The van der Waals surface area contributed by atoms with Gasteiger partial charge in [0.1, 0.15) is 5.76 Å². The van der Waals surface area contributed by atoms with Crippen molar-refractivity contribution in [3.63, 3.8) is 0 Å². The van der Waals surface area contributed by atoms with Gasteiger partial charge < -0.3 is 9.84 Å². The van der Waals surface area contributed by atoms with Crippen LogP contribution in [0.15, 0.2) is 57.5 Å². The van der Waals surface area contributed by atoms with E-state index in [2.05, 4.69) is 22.0 Å². The van der Waals surface area contributed by atoms with Gasteiger partial charge in [0.2, 0.25) is 5.91 Å². The molecular formula is C18H18N4O3S. The van der Waals surface area contributed by atoms with E-state index in [9.17, 15) is 9.59 Å². The van der Waals surface area contributed by atoms with E-state index < -0.39 is 0 Å². The van der Waals surface area contributed by atoms with Crippen LogP contribution in [0.25, 0.3) is 10.9 Å². The predicted octanol–water partition coefficient (Wildman–Crippen LogP) is 3.00. The number of carbonyl (C=O) groups is 1. The molecule has 0 aliphatic rings. The SMILES string of the molecule is C=CCn1c(SCCC(=O)Nc2cc(C)on2)nc2ccccc2c1=O. The number of nitrogens with zero attached hydrogens (tertiary/aromatic N) is 3. The first-order chi connectivity index (χ1) is 12.6. The third-order valence-electron chi connectivity index (χ3n) is 3.59. The molecule has 7 nitrogen and oxygen atoms in total. The lowest BCUT2D eigenvalue weighted by atomic mass is 10.2. The van der Waals surface area contributed by atoms with Gasteiger partial charge in [0.05, 0.1) is 10.9 Å². The minimum atomic E-state index is -0.177. The Morgan fingerprint density at radius 2 is 2.23 bits per heavy atom. The fourth-order valence-electron chi connectivity index (χ4n) is 2.41. The van der Waals surface area contributed by atoms with Crippen molar-refractivity contribution in [1.29, 1.82) is 0 Å². The third-order valence-corrected chi connectivity index (χ3v) is 4.57. The molecule has 0 bridgehead atoms. The highest BCUT2D eigenvalue weighted by atomic mass is 32.2. The maximum Gasteiger partial charge on any atom is 0.262 e. The Morgan fingerprint density at radius 3 is 2.96 bits per heavy atom. The molecule has 134 valence electrons. The van der Waals surface area contributed by atoms with Gasteiger partial charge in [-0.05, 0) is 19.1 Å². The first-order valence-corrected chi connectivity index (χ1v) is 9.03. The number of para-hydroxylation sites is 1. The van der Waals surface area contributed by atoms with E-state index in [0.29, 0.717) is 39.9 Å². The van der Waals surface area contributed by atoms with Crippen LogP contribution in [0.4, 0.5) is 5.82 Å². The number of amides is 1. The number of rotatable bonds is 7. The molecule has 1 aromatic carbocycles. The summed E-state index contributed by atoms with van der Waals surface area (Å²) in [6.07, 6.45) is 1.91. The summed E-state index contributed by atoms with van der Waals surface area (Å²) in [5, 5.41) is 7.53. The molecule has 0 aliphatic carbocycles. The number of thioether (sulfide) groups is 1. The van der Waals surface area contributed by atoms with Gasteiger partial charge in [-0.1, -0.05) is 35.1 Å². The van der Waals surface area contributed by atoms with Crippen LogP contribution < -0.4 is 10.9 Å². The van der Waals surface area contributed by atoms with E-state index in [1.54, 1.807) is 35.8 Å². The fourth-order valence-corrected chi connectivity index (χ4v) is 3.36. The summed E-state index contributed by atoms with van der Waals surface area (Å²) in [5.41, 5.74) is 0.531. The zero-order valence-electron chi connectivity index (χ0n) is 14.3. The topological polar surface area (TPSA) is 90.0 Å². The number of anilines is 1. The number of aryl methyl sites for hydroxylation is 1. The minimum absolute atomic E-state index is 0.111. The zero-order chi connectivity index (χ0) is 18.5. The van der Waals surface area contributed by atoms with E-state index in [1.165, 1.54) is 11.8 Å². The van der Waals surface area contributed by atoms with Crippen LogP contribution in [0, 0.1) is 6.92 Å². The lowest BCUT2D eigenvalue weighted by Gasteiger charge is -2.11. The summed E-state index contributed by atoms with van der Waals surface area (Å²) < 4.78 is 6.48. The minimum Gasteiger partial charge on any atom is -0.360 e. The van der Waals surface area contributed by atoms with E-state index in [0.717, 1.165) is 0 Å². The summed E-state index contributed by atoms with van der Waals surface area (Å²) >= 11 is 1.36. The smallest absolute Gasteiger partial charge is 0.262 e. The Labute approximate surface area is 154 Å². The summed E-state index contributed by atoms with van der Waals surface area (Å²) in [5.74, 6) is 1.32. The number of benzene rings is 1. The Bertz CT molecular complexity index is 1010. The quantitative estimate of drug-likeness (QED) is 0.391. The van der Waals surface area contributed by atoms with Crippen LogP contribution in [0.2, 0.25) is 0 Å². The van der Waals surface area contributed by atoms with Crippen LogP contribution in [0.5, 0.6) is 0 Å². The Morgan fingerprint density at radius 1 is 1.42 bits per heavy atom. The van der Waals surface area contributed by atoms with Crippen LogP contribution in [0.1, 0.15) is 12.2 Å². The lowest BCUT2D eigenvalue weighted by molar-refractivity contribution is -0.115. The summed E-state index contributed by atoms with van der Waals surface area (Å²) in [6, 6.07) is 8.86. The highest BCUT2D eigenvalue weighted by molar-refractivity contribution is 7.99. The number of fused-ring (bicyclic) bond motifs is 1. The maximum absolute atomic E-state index is 12.6. The second-order valence-corrected chi connectivity index (χ2v) is 6.65.